The van der Waals surface area contributed by atoms with Gasteiger partial charge in [0.15, 0.2) is 0 Å². The lowest BCUT2D eigenvalue weighted by molar-refractivity contribution is 0.230. The van der Waals surface area contributed by atoms with E-state index in [1.54, 1.807) is 0 Å². The maximum absolute atomic E-state index is 3.78. The molecule has 0 atom stereocenters. The highest BCUT2D eigenvalue weighted by Crippen LogP contribution is 2.26. The van der Waals surface area contributed by atoms with Gasteiger partial charge in [-0.25, -0.2) is 0 Å². The van der Waals surface area contributed by atoms with Crippen LogP contribution in [0, 0.1) is 5.92 Å². The molecule has 2 fully saturated rings. The topological polar surface area (TPSA) is 15.3 Å². The number of likely N-dealkylation sites (N-methyl/N-ethyl adjacent to an activating group) is 1. The fraction of sp³-hybridized carbons (Fsp3) is 1.00. The Morgan fingerprint density at radius 1 is 1.00 bits per heavy atom. The van der Waals surface area contributed by atoms with Crippen LogP contribution in [0.15, 0.2) is 0 Å². The van der Waals surface area contributed by atoms with Gasteiger partial charge < -0.3 is 10.2 Å². The highest BCUT2D eigenvalue weighted by atomic mass is 15.1. The zero-order valence-electron chi connectivity index (χ0n) is 12.5. The van der Waals surface area contributed by atoms with Gasteiger partial charge in [0, 0.05) is 25.2 Å². The largest absolute Gasteiger partial charge is 0.313 e. The Hall–Kier alpha value is -0.0800. The maximum Gasteiger partial charge on any atom is 0.0107 e. The summed E-state index contributed by atoms with van der Waals surface area (Å²) >= 11 is 0. The van der Waals surface area contributed by atoms with Crippen molar-refractivity contribution in [2.45, 2.75) is 76.8 Å². The summed E-state index contributed by atoms with van der Waals surface area (Å²) in [7, 11) is 2.31. The van der Waals surface area contributed by atoms with E-state index in [4.69, 9.17) is 0 Å². The molecule has 1 N–H and O–H groups in total. The van der Waals surface area contributed by atoms with Gasteiger partial charge in [0.1, 0.15) is 0 Å². The first-order valence-electron chi connectivity index (χ1n) is 8.23. The molecule has 0 amide bonds. The van der Waals surface area contributed by atoms with E-state index in [1.165, 1.54) is 70.9 Å². The summed E-state index contributed by atoms with van der Waals surface area (Å²) in [6.07, 6.45) is 12.9. The molecule has 0 bridgehead atoms. The third-order valence-corrected chi connectivity index (χ3v) is 5.27. The molecule has 2 heteroatoms. The van der Waals surface area contributed by atoms with Gasteiger partial charge >= 0.3 is 0 Å². The van der Waals surface area contributed by atoms with Crippen LogP contribution in [0.3, 0.4) is 0 Å². The van der Waals surface area contributed by atoms with Crippen molar-refractivity contribution in [3.63, 3.8) is 0 Å². The van der Waals surface area contributed by atoms with Crippen molar-refractivity contribution in [3.05, 3.63) is 0 Å². The van der Waals surface area contributed by atoms with Crippen molar-refractivity contribution in [2.75, 3.05) is 20.1 Å². The lowest BCUT2D eigenvalue weighted by atomic mass is 9.84. The van der Waals surface area contributed by atoms with E-state index in [-0.39, 0.29) is 0 Å². The fourth-order valence-electron chi connectivity index (χ4n) is 3.75. The summed E-state index contributed by atoms with van der Waals surface area (Å²) in [6, 6.07) is 1.69. The summed E-state index contributed by atoms with van der Waals surface area (Å²) < 4.78 is 0. The zero-order chi connectivity index (χ0) is 12.8. The molecule has 0 unspecified atom stereocenters. The number of hydrogen-bond donors (Lipinski definition) is 1. The molecule has 0 saturated heterocycles. The SMILES string of the molecule is CCC1CCC(NCCN(C)C2CCCC2)CC1. The van der Waals surface area contributed by atoms with Gasteiger partial charge in [0.2, 0.25) is 0 Å². The molecule has 2 rings (SSSR count). The summed E-state index contributed by atoms with van der Waals surface area (Å²) in [5.74, 6) is 1.02. The minimum Gasteiger partial charge on any atom is -0.313 e. The zero-order valence-corrected chi connectivity index (χ0v) is 12.5. The van der Waals surface area contributed by atoms with Gasteiger partial charge in [-0.2, -0.15) is 0 Å². The Kier molecular flexibility index (Phi) is 5.97. The van der Waals surface area contributed by atoms with E-state index in [0.29, 0.717) is 0 Å². The standard InChI is InChI=1S/C16H32N2/c1-3-14-8-10-15(11-9-14)17-12-13-18(2)16-6-4-5-7-16/h14-17H,3-13H2,1-2H3. The highest BCUT2D eigenvalue weighted by Gasteiger charge is 2.21. The molecule has 106 valence electrons. The van der Waals surface area contributed by atoms with Gasteiger partial charge in [0.05, 0.1) is 0 Å². The minimum absolute atomic E-state index is 0.810. The second kappa shape index (κ2) is 7.49. The molecule has 2 aliphatic rings. The summed E-state index contributed by atoms with van der Waals surface area (Å²) in [4.78, 5) is 2.58. The van der Waals surface area contributed by atoms with Crippen LogP contribution in [0.2, 0.25) is 0 Å². The van der Waals surface area contributed by atoms with Crippen LogP contribution in [0.25, 0.3) is 0 Å². The Labute approximate surface area is 114 Å². The maximum atomic E-state index is 3.78. The van der Waals surface area contributed by atoms with Crippen LogP contribution in [-0.4, -0.2) is 37.1 Å². The van der Waals surface area contributed by atoms with Crippen LogP contribution in [0.1, 0.15) is 64.7 Å². The number of rotatable bonds is 6. The van der Waals surface area contributed by atoms with Crippen molar-refractivity contribution in [3.8, 4) is 0 Å². The molecular formula is C16H32N2. The molecule has 0 aromatic rings. The van der Waals surface area contributed by atoms with Crippen LogP contribution >= 0.6 is 0 Å². The molecular weight excluding hydrogens is 220 g/mol. The molecule has 18 heavy (non-hydrogen) atoms. The molecule has 0 aromatic carbocycles. The number of nitrogens with one attached hydrogen (secondary N) is 1. The number of nitrogens with zero attached hydrogens (tertiary/aromatic N) is 1. The summed E-state index contributed by atoms with van der Waals surface area (Å²) in [6.45, 7) is 4.77. The van der Waals surface area contributed by atoms with Crippen molar-refractivity contribution < 1.29 is 0 Å². The van der Waals surface area contributed by atoms with Crippen molar-refractivity contribution >= 4 is 0 Å². The normalized spacial score (nSPS) is 30.2. The van der Waals surface area contributed by atoms with Crippen LogP contribution in [0.4, 0.5) is 0 Å². The van der Waals surface area contributed by atoms with Crippen molar-refractivity contribution in [2.24, 2.45) is 5.92 Å². The predicted molar refractivity (Wildman–Crippen MR) is 78.9 cm³/mol. The van der Waals surface area contributed by atoms with Gasteiger partial charge in [-0.05, 0) is 51.5 Å². The van der Waals surface area contributed by atoms with E-state index in [2.05, 4.69) is 24.2 Å². The lowest BCUT2D eigenvalue weighted by Gasteiger charge is -2.30. The Morgan fingerprint density at radius 2 is 1.67 bits per heavy atom. The molecule has 0 aliphatic heterocycles. The average molecular weight is 252 g/mol. The van der Waals surface area contributed by atoms with Crippen molar-refractivity contribution in [1.29, 1.82) is 0 Å². The van der Waals surface area contributed by atoms with Crippen LogP contribution in [0.5, 0.6) is 0 Å². The first-order chi connectivity index (χ1) is 8.79. The van der Waals surface area contributed by atoms with E-state index >= 15 is 0 Å². The van der Waals surface area contributed by atoms with E-state index in [0.717, 1.165) is 18.0 Å². The first kappa shape index (κ1) is 14.3. The van der Waals surface area contributed by atoms with Gasteiger partial charge in [0.25, 0.3) is 0 Å². The third kappa shape index (κ3) is 4.24. The summed E-state index contributed by atoms with van der Waals surface area (Å²) in [5, 5.41) is 3.78. The number of hydrogen-bond acceptors (Lipinski definition) is 2. The molecule has 0 spiro atoms. The molecule has 2 nitrogen and oxygen atoms in total. The lowest BCUT2D eigenvalue weighted by Crippen LogP contribution is -2.40. The van der Waals surface area contributed by atoms with Gasteiger partial charge in [-0.15, -0.1) is 0 Å². The summed E-state index contributed by atoms with van der Waals surface area (Å²) in [5.41, 5.74) is 0. The molecule has 0 radical (unpaired) electrons. The monoisotopic (exact) mass is 252 g/mol. The van der Waals surface area contributed by atoms with Gasteiger partial charge in [-0.1, -0.05) is 26.2 Å². The molecule has 2 aliphatic carbocycles. The minimum atomic E-state index is 0.810. The molecule has 2 saturated carbocycles. The predicted octanol–water partition coefficient (Wildman–Crippen LogP) is 3.42. The second-order valence-corrected chi connectivity index (χ2v) is 6.50. The van der Waals surface area contributed by atoms with Crippen LogP contribution < -0.4 is 5.32 Å². The second-order valence-electron chi connectivity index (χ2n) is 6.50. The highest BCUT2D eigenvalue weighted by molar-refractivity contribution is 4.79. The Morgan fingerprint density at radius 3 is 2.28 bits per heavy atom. The molecule has 0 heterocycles. The third-order valence-electron chi connectivity index (χ3n) is 5.27. The van der Waals surface area contributed by atoms with Crippen LogP contribution in [-0.2, 0) is 0 Å². The van der Waals surface area contributed by atoms with E-state index < -0.39 is 0 Å². The fourth-order valence-corrected chi connectivity index (χ4v) is 3.75. The van der Waals surface area contributed by atoms with E-state index in [1.807, 2.05) is 0 Å². The molecule has 0 aromatic heterocycles. The van der Waals surface area contributed by atoms with E-state index in [9.17, 15) is 0 Å². The quantitative estimate of drug-likeness (QED) is 0.779. The Bertz CT molecular complexity index is 215. The Balaban J connectivity index is 1.55. The first-order valence-corrected chi connectivity index (χ1v) is 8.23. The smallest absolute Gasteiger partial charge is 0.0107 e. The van der Waals surface area contributed by atoms with Gasteiger partial charge in [-0.3, -0.25) is 0 Å². The average Bonchev–Trinajstić information content (AvgIpc) is 2.93. The van der Waals surface area contributed by atoms with Crippen molar-refractivity contribution in [1.82, 2.24) is 10.2 Å².